The molecule has 10 heteroatoms. The van der Waals surface area contributed by atoms with Crippen molar-refractivity contribution in [3.8, 4) is 22.5 Å². The molecular formula is C26H26N4O3S3. The standard InChI is InChI=1S/C26H26N4O3S3/c1-4-33-25(32)22-17-11-8-12-19(17)36-24(22)27-20(31)14-35-26-29-28-23(30(26)3)18-13-34-15(2)21(18)16-9-6-5-7-10-16/h5-7,9-10,13H,4,8,11-12,14H2,1-3H3,(H,27,31). The Balaban J connectivity index is 1.31. The molecule has 3 heterocycles. The highest BCUT2D eigenvalue weighted by atomic mass is 32.2. The van der Waals surface area contributed by atoms with Crippen LogP contribution in [0.3, 0.4) is 0 Å². The van der Waals surface area contributed by atoms with Crippen LogP contribution < -0.4 is 5.32 Å². The summed E-state index contributed by atoms with van der Waals surface area (Å²) in [5.74, 6) is 0.371. The van der Waals surface area contributed by atoms with Gasteiger partial charge in [-0.3, -0.25) is 4.79 Å². The number of aryl methyl sites for hydroxylation is 2. The maximum absolute atomic E-state index is 12.8. The monoisotopic (exact) mass is 538 g/mol. The van der Waals surface area contributed by atoms with Crippen LogP contribution in [0, 0.1) is 6.92 Å². The second-order valence-corrected chi connectivity index (χ2v) is 11.6. The molecule has 0 fully saturated rings. The fourth-order valence-electron chi connectivity index (χ4n) is 4.46. The van der Waals surface area contributed by atoms with Crippen molar-refractivity contribution in [1.82, 2.24) is 14.8 Å². The third kappa shape index (κ3) is 4.72. The van der Waals surface area contributed by atoms with Crippen molar-refractivity contribution in [2.24, 2.45) is 7.05 Å². The van der Waals surface area contributed by atoms with Crippen molar-refractivity contribution in [3.63, 3.8) is 0 Å². The number of aromatic nitrogens is 3. The molecule has 1 N–H and O–H groups in total. The van der Waals surface area contributed by atoms with Crippen LogP contribution in [0.2, 0.25) is 0 Å². The number of carbonyl (C=O) groups is 2. The summed E-state index contributed by atoms with van der Waals surface area (Å²) in [6.45, 7) is 4.20. The van der Waals surface area contributed by atoms with Gasteiger partial charge in [0.05, 0.1) is 17.9 Å². The Hall–Kier alpha value is -2.95. The molecule has 1 amide bonds. The molecule has 4 aromatic rings. The van der Waals surface area contributed by atoms with Crippen LogP contribution in [0.1, 0.15) is 39.0 Å². The van der Waals surface area contributed by atoms with E-state index in [-0.39, 0.29) is 17.6 Å². The smallest absolute Gasteiger partial charge is 0.341 e. The number of thioether (sulfide) groups is 1. The summed E-state index contributed by atoms with van der Waals surface area (Å²) in [6, 6.07) is 10.3. The van der Waals surface area contributed by atoms with Gasteiger partial charge in [0.15, 0.2) is 11.0 Å². The van der Waals surface area contributed by atoms with Gasteiger partial charge in [-0.15, -0.1) is 32.9 Å². The average molecular weight is 539 g/mol. The number of amides is 1. The quantitative estimate of drug-likeness (QED) is 0.220. The number of ether oxygens (including phenoxy) is 1. The number of nitrogens with one attached hydrogen (secondary N) is 1. The molecule has 7 nitrogen and oxygen atoms in total. The Bertz CT molecular complexity index is 1420. The lowest BCUT2D eigenvalue weighted by atomic mass is 10.0. The second kappa shape index (κ2) is 10.6. The lowest BCUT2D eigenvalue weighted by molar-refractivity contribution is -0.113. The van der Waals surface area contributed by atoms with Gasteiger partial charge >= 0.3 is 5.97 Å². The van der Waals surface area contributed by atoms with Crippen LogP contribution in [0.5, 0.6) is 0 Å². The fourth-order valence-corrected chi connectivity index (χ4v) is 7.33. The number of fused-ring (bicyclic) bond motifs is 1. The molecule has 36 heavy (non-hydrogen) atoms. The van der Waals surface area contributed by atoms with Gasteiger partial charge < -0.3 is 14.6 Å². The zero-order chi connectivity index (χ0) is 25.2. The highest BCUT2D eigenvalue weighted by Crippen LogP contribution is 2.40. The van der Waals surface area contributed by atoms with E-state index in [2.05, 4.69) is 40.0 Å². The van der Waals surface area contributed by atoms with E-state index in [9.17, 15) is 9.59 Å². The summed E-state index contributed by atoms with van der Waals surface area (Å²) in [7, 11) is 1.92. The largest absolute Gasteiger partial charge is 0.462 e. The van der Waals surface area contributed by atoms with Crippen LogP contribution in [0.25, 0.3) is 22.5 Å². The van der Waals surface area contributed by atoms with Crippen molar-refractivity contribution in [2.75, 3.05) is 17.7 Å². The molecule has 0 radical (unpaired) electrons. The van der Waals surface area contributed by atoms with E-state index in [1.807, 2.05) is 29.8 Å². The molecule has 1 aliphatic carbocycles. The van der Waals surface area contributed by atoms with Crippen molar-refractivity contribution < 1.29 is 14.3 Å². The first-order valence-electron chi connectivity index (χ1n) is 11.8. The lowest BCUT2D eigenvalue weighted by Crippen LogP contribution is -2.17. The van der Waals surface area contributed by atoms with Crippen LogP contribution >= 0.6 is 34.4 Å². The molecule has 0 unspecified atom stereocenters. The molecule has 0 aliphatic heterocycles. The van der Waals surface area contributed by atoms with Gasteiger partial charge in [0, 0.05) is 33.3 Å². The van der Waals surface area contributed by atoms with Gasteiger partial charge in [0.1, 0.15) is 5.00 Å². The molecule has 1 aliphatic rings. The van der Waals surface area contributed by atoms with E-state index in [0.717, 1.165) is 47.3 Å². The Morgan fingerprint density at radius 3 is 2.78 bits per heavy atom. The Labute approximate surface area is 221 Å². The molecule has 0 spiro atoms. The third-order valence-electron chi connectivity index (χ3n) is 6.10. The Morgan fingerprint density at radius 1 is 1.19 bits per heavy atom. The average Bonchev–Trinajstić information content (AvgIpc) is 3.62. The molecule has 186 valence electrons. The van der Waals surface area contributed by atoms with E-state index < -0.39 is 0 Å². The van der Waals surface area contributed by atoms with Gasteiger partial charge in [-0.25, -0.2) is 4.79 Å². The number of nitrogens with zero attached hydrogens (tertiary/aromatic N) is 3. The number of carbonyl (C=O) groups excluding carboxylic acids is 2. The maximum atomic E-state index is 12.8. The maximum Gasteiger partial charge on any atom is 0.341 e. The highest BCUT2D eigenvalue weighted by Gasteiger charge is 2.28. The first-order valence-corrected chi connectivity index (χ1v) is 14.4. The minimum atomic E-state index is -0.363. The van der Waals surface area contributed by atoms with Gasteiger partial charge in [0.25, 0.3) is 0 Å². The topological polar surface area (TPSA) is 86.1 Å². The number of esters is 1. The molecule has 1 aromatic carbocycles. The molecule has 0 bridgehead atoms. The van der Waals surface area contributed by atoms with Crippen molar-refractivity contribution in [3.05, 3.63) is 56.6 Å². The molecule has 5 rings (SSSR count). The third-order valence-corrected chi connectivity index (χ3v) is 9.24. The zero-order valence-electron chi connectivity index (χ0n) is 20.3. The molecular weight excluding hydrogens is 513 g/mol. The minimum Gasteiger partial charge on any atom is -0.462 e. The lowest BCUT2D eigenvalue weighted by Gasteiger charge is -2.08. The number of anilines is 1. The van der Waals surface area contributed by atoms with Crippen LogP contribution in [-0.2, 0) is 29.4 Å². The predicted molar refractivity (Wildman–Crippen MR) is 146 cm³/mol. The SMILES string of the molecule is CCOC(=O)c1c(NC(=O)CSc2nnc(-c3csc(C)c3-c3ccccc3)n2C)sc2c1CCC2. The Kier molecular flexibility index (Phi) is 7.27. The molecule has 0 saturated carbocycles. The summed E-state index contributed by atoms with van der Waals surface area (Å²) in [5, 5.41) is 15.1. The summed E-state index contributed by atoms with van der Waals surface area (Å²) in [5.41, 5.74) is 4.88. The van der Waals surface area contributed by atoms with E-state index in [1.54, 1.807) is 18.3 Å². The highest BCUT2D eigenvalue weighted by molar-refractivity contribution is 7.99. The predicted octanol–water partition coefficient (Wildman–Crippen LogP) is 5.98. The van der Waals surface area contributed by atoms with E-state index in [1.165, 1.54) is 32.9 Å². The first-order chi connectivity index (χ1) is 17.5. The number of thiophene rings is 2. The molecule has 0 saturated heterocycles. The van der Waals surface area contributed by atoms with Crippen LogP contribution in [0.4, 0.5) is 5.00 Å². The Morgan fingerprint density at radius 2 is 2.00 bits per heavy atom. The van der Waals surface area contributed by atoms with E-state index >= 15 is 0 Å². The zero-order valence-corrected chi connectivity index (χ0v) is 22.7. The van der Waals surface area contributed by atoms with E-state index in [4.69, 9.17) is 4.74 Å². The number of hydrogen-bond donors (Lipinski definition) is 1. The summed E-state index contributed by atoms with van der Waals surface area (Å²) < 4.78 is 7.18. The number of hydrogen-bond acceptors (Lipinski definition) is 8. The van der Waals surface area contributed by atoms with Gasteiger partial charge in [-0.1, -0.05) is 42.1 Å². The molecule has 0 atom stereocenters. The van der Waals surface area contributed by atoms with Crippen molar-refractivity contribution in [2.45, 2.75) is 38.3 Å². The van der Waals surface area contributed by atoms with Crippen molar-refractivity contribution >= 4 is 51.3 Å². The van der Waals surface area contributed by atoms with Crippen molar-refractivity contribution in [1.29, 1.82) is 0 Å². The van der Waals surface area contributed by atoms with Crippen LogP contribution in [0.15, 0.2) is 40.9 Å². The summed E-state index contributed by atoms with van der Waals surface area (Å²) >= 11 is 4.49. The van der Waals surface area contributed by atoms with Gasteiger partial charge in [-0.2, -0.15) is 0 Å². The van der Waals surface area contributed by atoms with Crippen LogP contribution in [-0.4, -0.2) is 39.0 Å². The fraction of sp³-hybridized carbons (Fsp3) is 0.308. The summed E-state index contributed by atoms with van der Waals surface area (Å²) in [4.78, 5) is 27.8. The second-order valence-electron chi connectivity index (χ2n) is 8.43. The van der Waals surface area contributed by atoms with E-state index in [0.29, 0.717) is 22.3 Å². The molecule has 3 aromatic heterocycles. The van der Waals surface area contributed by atoms with Gasteiger partial charge in [0.2, 0.25) is 5.91 Å². The first kappa shape index (κ1) is 24.7. The number of benzene rings is 1. The summed E-state index contributed by atoms with van der Waals surface area (Å²) in [6.07, 6.45) is 2.81. The van der Waals surface area contributed by atoms with Gasteiger partial charge in [-0.05, 0) is 44.2 Å². The normalized spacial score (nSPS) is 12.5. The minimum absolute atomic E-state index is 0.158. The number of rotatable bonds is 8.